The van der Waals surface area contributed by atoms with E-state index in [1.54, 1.807) is 0 Å². The normalized spacial score (nSPS) is 12.8. The van der Waals surface area contributed by atoms with Crippen molar-refractivity contribution in [2.24, 2.45) is 11.8 Å². The molecule has 2 N–H and O–H groups in total. The Morgan fingerprint density at radius 2 is 1.11 bits per heavy atom. The highest BCUT2D eigenvalue weighted by molar-refractivity contribution is 5.78. The van der Waals surface area contributed by atoms with Crippen LogP contribution in [0, 0.1) is 11.8 Å². The predicted octanol–water partition coefficient (Wildman–Crippen LogP) is 10.2. The van der Waals surface area contributed by atoms with E-state index in [0.29, 0.717) is 18.0 Å². The van der Waals surface area contributed by atoms with Gasteiger partial charge in [-0.15, -0.1) is 6.58 Å². The first-order valence-electron chi connectivity index (χ1n) is 14.0. The first-order valence-corrected chi connectivity index (χ1v) is 14.0. The summed E-state index contributed by atoms with van der Waals surface area (Å²) in [6.07, 6.45) is 7.78. The molecule has 2 unspecified atom stereocenters. The lowest BCUT2D eigenvalue weighted by molar-refractivity contribution is 0.514. The van der Waals surface area contributed by atoms with Gasteiger partial charge in [0.25, 0.3) is 0 Å². The number of hydrogen-bond donors (Lipinski definition) is 2. The van der Waals surface area contributed by atoms with Crippen molar-refractivity contribution in [1.29, 1.82) is 0 Å². The molecule has 3 rings (SSSR count). The molecule has 3 aromatic carbocycles. The number of nitrogens with one attached hydrogen (secondary N) is 2. The van der Waals surface area contributed by atoms with Crippen molar-refractivity contribution in [1.82, 2.24) is 0 Å². The van der Waals surface area contributed by atoms with E-state index >= 15 is 0 Å². The molecule has 0 aliphatic heterocycles. The minimum atomic E-state index is 0.416. The number of benzene rings is 3. The molecule has 3 heteroatoms. The average Bonchev–Trinajstić information content (AvgIpc) is 2.89. The quantitative estimate of drug-likeness (QED) is 0.204. The Labute approximate surface area is 226 Å². The molecule has 3 aromatic rings. The summed E-state index contributed by atoms with van der Waals surface area (Å²) in [5, 5.41) is 7.39. The predicted molar refractivity (Wildman–Crippen MR) is 165 cm³/mol. The van der Waals surface area contributed by atoms with Crippen molar-refractivity contribution in [3.63, 3.8) is 0 Å². The Morgan fingerprint density at radius 1 is 0.622 bits per heavy atom. The molecule has 198 valence electrons. The molecule has 0 radical (unpaired) electrons. The minimum Gasteiger partial charge on any atom is -0.383 e. The van der Waals surface area contributed by atoms with Crippen molar-refractivity contribution in [2.75, 3.05) is 15.5 Å². The summed E-state index contributed by atoms with van der Waals surface area (Å²) < 4.78 is 0. The maximum absolute atomic E-state index is 3.96. The zero-order valence-electron chi connectivity index (χ0n) is 23.6. The summed E-state index contributed by atoms with van der Waals surface area (Å²) in [6, 6.07) is 29.1. The van der Waals surface area contributed by atoms with E-state index in [0.717, 1.165) is 41.5 Å². The van der Waals surface area contributed by atoms with Gasteiger partial charge in [-0.1, -0.05) is 52.0 Å². The number of rotatable bonds is 15. The van der Waals surface area contributed by atoms with Gasteiger partial charge in [0.1, 0.15) is 0 Å². The monoisotopic (exact) mass is 497 g/mol. The summed E-state index contributed by atoms with van der Waals surface area (Å²) in [4.78, 5) is 2.32. The maximum atomic E-state index is 3.96. The molecule has 0 saturated carbocycles. The van der Waals surface area contributed by atoms with Crippen LogP contribution < -0.4 is 15.5 Å². The van der Waals surface area contributed by atoms with Crippen LogP contribution in [0.15, 0.2) is 91.5 Å². The van der Waals surface area contributed by atoms with Crippen LogP contribution in [0.1, 0.15) is 66.7 Å². The van der Waals surface area contributed by atoms with Crippen LogP contribution in [0.4, 0.5) is 28.4 Å². The van der Waals surface area contributed by atoms with Crippen molar-refractivity contribution in [3.05, 3.63) is 91.5 Å². The van der Waals surface area contributed by atoms with Gasteiger partial charge in [-0.05, 0) is 112 Å². The standard InChI is InChI=1S/C34H47N3/c1-7-11-29(17-15-27(4)5)36-31-20-24-34(25-21-31)37(32-12-9-8-10-13-32)33-22-18-30(19-23-33)35-28(6)16-14-26(2)3/h7-10,12-13,18-29,35-36H,1,11,14-17H2,2-6H3. The summed E-state index contributed by atoms with van der Waals surface area (Å²) >= 11 is 0. The van der Waals surface area contributed by atoms with Crippen LogP contribution in [-0.4, -0.2) is 12.1 Å². The third kappa shape index (κ3) is 9.31. The van der Waals surface area contributed by atoms with Gasteiger partial charge in [0.05, 0.1) is 0 Å². The smallest absolute Gasteiger partial charge is 0.0463 e. The highest BCUT2D eigenvalue weighted by atomic mass is 15.1. The number of para-hydroxylation sites is 1. The average molecular weight is 498 g/mol. The number of nitrogens with zero attached hydrogens (tertiary/aromatic N) is 1. The molecule has 0 saturated heterocycles. The molecule has 37 heavy (non-hydrogen) atoms. The second kappa shape index (κ2) is 14.5. The van der Waals surface area contributed by atoms with Crippen LogP contribution in [0.3, 0.4) is 0 Å². The van der Waals surface area contributed by atoms with Crippen LogP contribution in [-0.2, 0) is 0 Å². The highest BCUT2D eigenvalue weighted by Gasteiger charge is 2.14. The first-order chi connectivity index (χ1) is 17.9. The molecule has 0 bridgehead atoms. The molecule has 0 aromatic heterocycles. The summed E-state index contributed by atoms with van der Waals surface area (Å²) in [7, 11) is 0. The van der Waals surface area contributed by atoms with E-state index in [4.69, 9.17) is 0 Å². The zero-order chi connectivity index (χ0) is 26.6. The molecule has 0 heterocycles. The van der Waals surface area contributed by atoms with Crippen LogP contribution in [0.5, 0.6) is 0 Å². The largest absolute Gasteiger partial charge is 0.383 e. The maximum Gasteiger partial charge on any atom is 0.0463 e. The molecule has 0 fully saturated rings. The summed E-state index contributed by atoms with van der Waals surface area (Å²) in [5.74, 6) is 1.45. The highest BCUT2D eigenvalue weighted by Crippen LogP contribution is 2.35. The third-order valence-corrected chi connectivity index (χ3v) is 6.77. The van der Waals surface area contributed by atoms with Crippen LogP contribution >= 0.6 is 0 Å². The SMILES string of the molecule is C=CCC(CCC(C)C)Nc1ccc(N(c2ccccc2)c2ccc(NC(C)CCC(C)C)cc2)cc1. The number of anilines is 5. The summed E-state index contributed by atoms with van der Waals surface area (Å²) in [6.45, 7) is 15.4. The minimum absolute atomic E-state index is 0.416. The van der Waals surface area contributed by atoms with Gasteiger partial charge in [-0.2, -0.15) is 0 Å². The second-order valence-corrected chi connectivity index (χ2v) is 11.1. The van der Waals surface area contributed by atoms with E-state index in [1.807, 2.05) is 6.08 Å². The lowest BCUT2D eigenvalue weighted by atomic mass is 10.0. The van der Waals surface area contributed by atoms with E-state index in [9.17, 15) is 0 Å². The van der Waals surface area contributed by atoms with E-state index in [1.165, 1.54) is 24.9 Å². The van der Waals surface area contributed by atoms with Crippen molar-refractivity contribution < 1.29 is 0 Å². The van der Waals surface area contributed by atoms with Crippen LogP contribution in [0.25, 0.3) is 0 Å². The molecule has 0 aliphatic carbocycles. The Kier molecular flexibility index (Phi) is 11.1. The van der Waals surface area contributed by atoms with E-state index < -0.39 is 0 Å². The Balaban J connectivity index is 1.78. The van der Waals surface area contributed by atoms with Gasteiger partial charge in [0.15, 0.2) is 0 Å². The second-order valence-electron chi connectivity index (χ2n) is 11.1. The van der Waals surface area contributed by atoms with Gasteiger partial charge < -0.3 is 15.5 Å². The van der Waals surface area contributed by atoms with E-state index in [-0.39, 0.29) is 0 Å². The topological polar surface area (TPSA) is 27.3 Å². The fourth-order valence-electron chi connectivity index (χ4n) is 4.60. The first kappa shape index (κ1) is 28.4. The Hall–Kier alpha value is -3.20. The van der Waals surface area contributed by atoms with Gasteiger partial charge in [0.2, 0.25) is 0 Å². The molecule has 2 atom stereocenters. The van der Waals surface area contributed by atoms with Crippen LogP contribution in [0.2, 0.25) is 0 Å². The zero-order valence-corrected chi connectivity index (χ0v) is 23.6. The van der Waals surface area contributed by atoms with Gasteiger partial charge in [-0.3, -0.25) is 0 Å². The van der Waals surface area contributed by atoms with Crippen molar-refractivity contribution in [2.45, 2.75) is 78.8 Å². The van der Waals surface area contributed by atoms with Gasteiger partial charge >= 0.3 is 0 Å². The Morgan fingerprint density at radius 3 is 1.62 bits per heavy atom. The van der Waals surface area contributed by atoms with Crippen molar-refractivity contribution in [3.8, 4) is 0 Å². The molecule has 0 aliphatic rings. The van der Waals surface area contributed by atoms with Crippen molar-refractivity contribution >= 4 is 28.4 Å². The molecular formula is C34H47N3. The lowest BCUT2D eigenvalue weighted by Gasteiger charge is -2.26. The van der Waals surface area contributed by atoms with E-state index in [2.05, 4.69) is 136 Å². The molecule has 0 amide bonds. The molecular weight excluding hydrogens is 450 g/mol. The fraction of sp³-hybridized carbons (Fsp3) is 0.412. The lowest BCUT2D eigenvalue weighted by Crippen LogP contribution is -2.19. The Bertz CT molecular complexity index is 1040. The molecule has 3 nitrogen and oxygen atoms in total. The third-order valence-electron chi connectivity index (χ3n) is 6.77. The van der Waals surface area contributed by atoms with Gasteiger partial charge in [-0.25, -0.2) is 0 Å². The summed E-state index contributed by atoms with van der Waals surface area (Å²) in [5.41, 5.74) is 5.76. The fourth-order valence-corrected chi connectivity index (χ4v) is 4.60. The molecule has 0 spiro atoms. The van der Waals surface area contributed by atoms with Gasteiger partial charge in [0, 0.05) is 40.5 Å². The number of hydrogen-bond acceptors (Lipinski definition) is 3.